The lowest BCUT2D eigenvalue weighted by atomic mass is 10.1. The molecule has 0 saturated heterocycles. The van der Waals surface area contributed by atoms with Gasteiger partial charge in [-0.1, -0.05) is 24.3 Å². The molecular formula is C15H14FNO2. The zero-order valence-electron chi connectivity index (χ0n) is 10.5. The minimum atomic E-state index is -0.507. The van der Waals surface area contributed by atoms with Gasteiger partial charge in [0, 0.05) is 5.69 Å². The number of benzene rings is 2. The van der Waals surface area contributed by atoms with Gasteiger partial charge in [0.05, 0.1) is 12.2 Å². The highest BCUT2D eigenvalue weighted by atomic mass is 19.1. The quantitative estimate of drug-likeness (QED) is 0.890. The molecule has 0 spiro atoms. The van der Waals surface area contributed by atoms with Crippen molar-refractivity contribution >= 4 is 11.6 Å². The number of carbonyl (C=O) groups is 1. The van der Waals surface area contributed by atoms with E-state index in [-0.39, 0.29) is 12.2 Å². The van der Waals surface area contributed by atoms with Crippen molar-refractivity contribution in [2.75, 3.05) is 5.32 Å². The second-order valence-electron chi connectivity index (χ2n) is 4.25. The van der Waals surface area contributed by atoms with Crippen LogP contribution in [0.1, 0.15) is 21.5 Å². The number of halogens is 1. The van der Waals surface area contributed by atoms with E-state index in [9.17, 15) is 9.18 Å². The Kier molecular flexibility index (Phi) is 3.92. The van der Waals surface area contributed by atoms with Crippen LogP contribution < -0.4 is 5.32 Å². The van der Waals surface area contributed by atoms with Crippen LogP contribution in [-0.4, -0.2) is 11.0 Å². The Labute approximate surface area is 110 Å². The van der Waals surface area contributed by atoms with Crippen molar-refractivity contribution in [1.29, 1.82) is 0 Å². The summed E-state index contributed by atoms with van der Waals surface area (Å²) in [4.78, 5) is 11.9. The van der Waals surface area contributed by atoms with E-state index < -0.39 is 11.7 Å². The van der Waals surface area contributed by atoms with E-state index in [0.29, 0.717) is 11.3 Å². The molecule has 2 aromatic rings. The fraction of sp³-hybridized carbons (Fsp3) is 0.133. The van der Waals surface area contributed by atoms with E-state index in [1.165, 1.54) is 6.07 Å². The fourth-order valence-corrected chi connectivity index (χ4v) is 1.71. The van der Waals surface area contributed by atoms with Crippen LogP contribution in [0, 0.1) is 12.7 Å². The standard InChI is InChI=1S/C15H14FNO2/c1-10-3-2-4-13(14(10)16)15(19)17-12-7-5-11(9-18)6-8-12/h2-8,18H,9H2,1H3,(H,17,19). The molecule has 98 valence electrons. The molecule has 3 nitrogen and oxygen atoms in total. The maximum Gasteiger partial charge on any atom is 0.258 e. The van der Waals surface area contributed by atoms with Crippen LogP contribution in [0.2, 0.25) is 0 Å². The van der Waals surface area contributed by atoms with Crippen LogP contribution in [0.5, 0.6) is 0 Å². The van der Waals surface area contributed by atoms with Crippen LogP contribution in [0.15, 0.2) is 42.5 Å². The van der Waals surface area contributed by atoms with Crippen LogP contribution in [0.25, 0.3) is 0 Å². The first-order valence-corrected chi connectivity index (χ1v) is 5.88. The first kappa shape index (κ1) is 13.2. The zero-order chi connectivity index (χ0) is 13.8. The molecule has 4 heteroatoms. The molecule has 0 heterocycles. The average molecular weight is 259 g/mol. The highest BCUT2D eigenvalue weighted by molar-refractivity contribution is 6.04. The lowest BCUT2D eigenvalue weighted by Gasteiger charge is -2.07. The summed E-state index contributed by atoms with van der Waals surface area (Å²) in [6.07, 6.45) is 0. The van der Waals surface area contributed by atoms with E-state index >= 15 is 0 Å². The predicted octanol–water partition coefficient (Wildman–Crippen LogP) is 2.88. The van der Waals surface area contributed by atoms with Gasteiger partial charge in [0.2, 0.25) is 0 Å². The summed E-state index contributed by atoms with van der Waals surface area (Å²) in [5, 5.41) is 11.5. The fourth-order valence-electron chi connectivity index (χ4n) is 1.71. The van der Waals surface area contributed by atoms with E-state index in [2.05, 4.69) is 5.32 Å². The smallest absolute Gasteiger partial charge is 0.258 e. The Morgan fingerprint density at radius 1 is 1.21 bits per heavy atom. The molecule has 0 unspecified atom stereocenters. The van der Waals surface area contributed by atoms with E-state index in [4.69, 9.17) is 5.11 Å². The SMILES string of the molecule is Cc1cccc(C(=O)Nc2ccc(CO)cc2)c1F. The Hall–Kier alpha value is -2.20. The highest BCUT2D eigenvalue weighted by Crippen LogP contribution is 2.15. The maximum atomic E-state index is 13.8. The molecule has 0 aliphatic carbocycles. The van der Waals surface area contributed by atoms with Crippen molar-refractivity contribution in [2.45, 2.75) is 13.5 Å². The number of aryl methyl sites for hydroxylation is 1. The van der Waals surface area contributed by atoms with Gasteiger partial charge in [-0.05, 0) is 36.2 Å². The highest BCUT2D eigenvalue weighted by Gasteiger charge is 2.13. The van der Waals surface area contributed by atoms with Gasteiger partial charge in [-0.3, -0.25) is 4.79 Å². The molecule has 0 aliphatic rings. The number of hydrogen-bond acceptors (Lipinski definition) is 2. The lowest BCUT2D eigenvalue weighted by Crippen LogP contribution is -2.14. The molecule has 0 saturated carbocycles. The number of amides is 1. The Morgan fingerprint density at radius 3 is 2.53 bits per heavy atom. The van der Waals surface area contributed by atoms with Gasteiger partial charge in [-0.25, -0.2) is 4.39 Å². The Balaban J connectivity index is 2.18. The molecule has 2 rings (SSSR count). The number of rotatable bonds is 3. The Bertz CT molecular complexity index is 594. The number of hydrogen-bond donors (Lipinski definition) is 2. The van der Waals surface area contributed by atoms with E-state index in [1.54, 1.807) is 43.3 Å². The Morgan fingerprint density at radius 2 is 1.89 bits per heavy atom. The van der Waals surface area contributed by atoms with Gasteiger partial charge in [0.25, 0.3) is 5.91 Å². The van der Waals surface area contributed by atoms with Crippen molar-refractivity contribution in [2.24, 2.45) is 0 Å². The molecule has 2 N–H and O–H groups in total. The largest absolute Gasteiger partial charge is 0.392 e. The van der Waals surface area contributed by atoms with Crippen molar-refractivity contribution in [3.63, 3.8) is 0 Å². The van der Waals surface area contributed by atoms with Gasteiger partial charge in [0.1, 0.15) is 5.82 Å². The summed E-state index contributed by atoms with van der Waals surface area (Å²) in [5.41, 5.74) is 1.76. The van der Waals surface area contributed by atoms with Crippen molar-refractivity contribution in [1.82, 2.24) is 0 Å². The van der Waals surface area contributed by atoms with Gasteiger partial charge in [-0.2, -0.15) is 0 Å². The third kappa shape index (κ3) is 2.98. The van der Waals surface area contributed by atoms with Crippen molar-refractivity contribution in [3.8, 4) is 0 Å². The van der Waals surface area contributed by atoms with E-state index in [1.807, 2.05) is 0 Å². The average Bonchev–Trinajstić information content (AvgIpc) is 2.42. The first-order chi connectivity index (χ1) is 9.11. The topological polar surface area (TPSA) is 49.3 Å². The molecule has 1 amide bonds. The zero-order valence-corrected chi connectivity index (χ0v) is 10.5. The summed E-state index contributed by atoms with van der Waals surface area (Å²) < 4.78 is 13.8. The van der Waals surface area contributed by atoms with Gasteiger partial charge in [-0.15, -0.1) is 0 Å². The number of anilines is 1. The molecule has 0 atom stereocenters. The number of nitrogens with one attached hydrogen (secondary N) is 1. The summed E-state index contributed by atoms with van der Waals surface area (Å²) in [5.74, 6) is -0.995. The normalized spacial score (nSPS) is 10.3. The van der Waals surface area contributed by atoms with Gasteiger partial charge >= 0.3 is 0 Å². The molecule has 0 fully saturated rings. The number of carbonyl (C=O) groups excluding carboxylic acids is 1. The van der Waals surface area contributed by atoms with Crippen LogP contribution in [-0.2, 0) is 6.61 Å². The second-order valence-corrected chi connectivity index (χ2v) is 4.25. The molecular weight excluding hydrogens is 245 g/mol. The van der Waals surface area contributed by atoms with Crippen LogP contribution >= 0.6 is 0 Å². The lowest BCUT2D eigenvalue weighted by molar-refractivity contribution is 0.102. The van der Waals surface area contributed by atoms with Crippen LogP contribution in [0.3, 0.4) is 0 Å². The molecule has 0 radical (unpaired) electrons. The summed E-state index contributed by atoms with van der Waals surface area (Å²) in [7, 11) is 0. The molecule has 0 bridgehead atoms. The number of aliphatic hydroxyl groups is 1. The van der Waals surface area contributed by atoms with Crippen molar-refractivity contribution < 1.29 is 14.3 Å². The maximum absolute atomic E-state index is 13.8. The molecule has 19 heavy (non-hydrogen) atoms. The van der Waals surface area contributed by atoms with E-state index in [0.717, 1.165) is 5.56 Å². The first-order valence-electron chi connectivity index (χ1n) is 5.88. The molecule has 0 aromatic heterocycles. The monoisotopic (exact) mass is 259 g/mol. The summed E-state index contributed by atoms with van der Waals surface area (Å²) in [6.45, 7) is 1.56. The predicted molar refractivity (Wildman–Crippen MR) is 71.5 cm³/mol. The molecule has 0 aliphatic heterocycles. The van der Waals surface area contributed by atoms with Gasteiger partial charge < -0.3 is 10.4 Å². The third-order valence-corrected chi connectivity index (χ3v) is 2.83. The van der Waals surface area contributed by atoms with Crippen molar-refractivity contribution in [3.05, 3.63) is 65.0 Å². The minimum Gasteiger partial charge on any atom is -0.392 e. The van der Waals surface area contributed by atoms with Crippen LogP contribution in [0.4, 0.5) is 10.1 Å². The molecule has 2 aromatic carbocycles. The summed E-state index contributed by atoms with van der Waals surface area (Å²) >= 11 is 0. The third-order valence-electron chi connectivity index (χ3n) is 2.83. The number of aliphatic hydroxyl groups excluding tert-OH is 1. The minimum absolute atomic E-state index is 0.0197. The second kappa shape index (κ2) is 5.63. The van der Waals surface area contributed by atoms with Gasteiger partial charge in [0.15, 0.2) is 0 Å². The summed E-state index contributed by atoms with van der Waals surface area (Å²) in [6, 6.07) is 11.4.